The second-order valence-electron chi connectivity index (χ2n) is 4.70. The van der Waals surface area contributed by atoms with E-state index < -0.39 is 10.7 Å². The van der Waals surface area contributed by atoms with Crippen molar-refractivity contribution in [3.63, 3.8) is 0 Å². The lowest BCUT2D eigenvalue weighted by Crippen LogP contribution is -2.21. The Morgan fingerprint density at radius 1 is 1.44 bits per heavy atom. The molecule has 3 rings (SSSR count). The standard InChI is InChI=1S/C11H11ClFN3O2/c12-7-1-9(10(16(17)18)2-8(7)13)15-11-5-3-14-4-6(5)11/h1-2,5-6,11,14-15H,3-4H2. The fraction of sp³-hybridized carbons (Fsp3) is 0.455. The molecular formula is C11H11ClFN3O2. The van der Waals surface area contributed by atoms with E-state index in [1.54, 1.807) is 0 Å². The monoisotopic (exact) mass is 271 g/mol. The molecule has 0 aromatic heterocycles. The molecule has 5 nitrogen and oxygen atoms in total. The topological polar surface area (TPSA) is 67.2 Å². The van der Waals surface area contributed by atoms with E-state index >= 15 is 0 Å². The summed E-state index contributed by atoms with van der Waals surface area (Å²) in [6, 6.07) is 2.38. The predicted molar refractivity (Wildman–Crippen MR) is 65.3 cm³/mol. The Morgan fingerprint density at radius 2 is 2.11 bits per heavy atom. The molecule has 1 aliphatic carbocycles. The molecule has 1 aromatic rings. The Balaban J connectivity index is 1.86. The van der Waals surface area contributed by atoms with Crippen LogP contribution in [0.5, 0.6) is 0 Å². The minimum Gasteiger partial charge on any atom is -0.376 e. The molecule has 0 radical (unpaired) electrons. The number of nitro groups is 1. The second kappa shape index (κ2) is 4.07. The van der Waals surface area contributed by atoms with Gasteiger partial charge in [0.05, 0.1) is 16.0 Å². The molecule has 1 saturated heterocycles. The van der Waals surface area contributed by atoms with Gasteiger partial charge in [0.2, 0.25) is 0 Å². The summed E-state index contributed by atoms with van der Waals surface area (Å²) < 4.78 is 13.2. The number of fused-ring (bicyclic) bond motifs is 1. The van der Waals surface area contributed by atoms with Crippen LogP contribution in [-0.2, 0) is 0 Å². The van der Waals surface area contributed by atoms with Gasteiger partial charge in [0, 0.05) is 19.1 Å². The van der Waals surface area contributed by atoms with Gasteiger partial charge in [-0.2, -0.15) is 0 Å². The van der Waals surface area contributed by atoms with Crippen LogP contribution in [0.25, 0.3) is 0 Å². The van der Waals surface area contributed by atoms with Gasteiger partial charge in [-0.25, -0.2) is 4.39 Å². The molecule has 18 heavy (non-hydrogen) atoms. The molecule has 0 amide bonds. The van der Waals surface area contributed by atoms with Gasteiger partial charge in [0.25, 0.3) is 5.69 Å². The number of nitrogens with zero attached hydrogens (tertiary/aromatic N) is 1. The third-order valence-corrected chi connectivity index (χ3v) is 3.94. The highest BCUT2D eigenvalue weighted by molar-refractivity contribution is 6.31. The highest BCUT2D eigenvalue weighted by atomic mass is 35.5. The van der Waals surface area contributed by atoms with Crippen molar-refractivity contribution in [1.82, 2.24) is 5.32 Å². The van der Waals surface area contributed by atoms with Crippen molar-refractivity contribution in [2.24, 2.45) is 11.8 Å². The summed E-state index contributed by atoms with van der Waals surface area (Å²) in [6.45, 7) is 1.84. The summed E-state index contributed by atoms with van der Waals surface area (Å²) in [5.74, 6) is 0.244. The molecule has 96 valence electrons. The number of rotatable bonds is 3. The van der Waals surface area contributed by atoms with Gasteiger partial charge < -0.3 is 10.6 Å². The van der Waals surface area contributed by atoms with E-state index in [0.29, 0.717) is 17.5 Å². The molecule has 0 spiro atoms. The Kier molecular flexibility index (Phi) is 2.64. The van der Waals surface area contributed by atoms with E-state index in [0.717, 1.165) is 19.2 Å². The van der Waals surface area contributed by atoms with Gasteiger partial charge in [-0.05, 0) is 17.9 Å². The normalized spacial score (nSPS) is 28.9. The lowest BCUT2D eigenvalue weighted by Gasteiger charge is -2.10. The molecule has 0 bridgehead atoms. The zero-order valence-electron chi connectivity index (χ0n) is 9.32. The number of hydrogen-bond acceptors (Lipinski definition) is 4. The van der Waals surface area contributed by atoms with Crippen LogP contribution in [0, 0.1) is 27.8 Å². The lowest BCUT2D eigenvalue weighted by atomic mass is 10.2. The molecule has 7 heteroatoms. The highest BCUT2D eigenvalue weighted by Crippen LogP contribution is 2.45. The minimum absolute atomic E-state index is 0.105. The first-order valence-corrected chi connectivity index (χ1v) is 6.06. The van der Waals surface area contributed by atoms with E-state index in [4.69, 9.17) is 11.6 Å². The van der Waals surface area contributed by atoms with Crippen LogP contribution < -0.4 is 10.6 Å². The fourth-order valence-corrected chi connectivity index (χ4v) is 2.78. The first-order valence-electron chi connectivity index (χ1n) is 5.68. The van der Waals surface area contributed by atoms with E-state index in [9.17, 15) is 14.5 Å². The van der Waals surface area contributed by atoms with Crippen LogP contribution >= 0.6 is 11.6 Å². The van der Waals surface area contributed by atoms with Crippen molar-refractivity contribution in [3.8, 4) is 0 Å². The average Bonchev–Trinajstić information content (AvgIpc) is 2.74. The summed E-state index contributed by atoms with van der Waals surface area (Å²) in [5, 5.41) is 17.1. The van der Waals surface area contributed by atoms with E-state index in [2.05, 4.69) is 10.6 Å². The zero-order valence-corrected chi connectivity index (χ0v) is 10.1. The van der Waals surface area contributed by atoms with Gasteiger partial charge in [-0.15, -0.1) is 0 Å². The maximum atomic E-state index is 13.2. The maximum Gasteiger partial charge on any atom is 0.295 e. The Labute approximate surface area is 107 Å². The largest absolute Gasteiger partial charge is 0.376 e. The molecule has 2 fully saturated rings. The number of nitro benzene ring substituents is 1. The number of nitrogens with one attached hydrogen (secondary N) is 2. The quantitative estimate of drug-likeness (QED) is 0.652. The Morgan fingerprint density at radius 3 is 2.72 bits per heavy atom. The Bertz CT molecular complexity index is 515. The summed E-state index contributed by atoms with van der Waals surface area (Å²) >= 11 is 5.67. The van der Waals surface area contributed by atoms with Crippen molar-refractivity contribution in [2.45, 2.75) is 6.04 Å². The SMILES string of the molecule is O=[N+]([O-])c1cc(F)c(Cl)cc1NC1C2CNCC21. The lowest BCUT2D eigenvalue weighted by molar-refractivity contribution is -0.384. The molecule has 2 unspecified atom stereocenters. The molecule has 1 aliphatic heterocycles. The van der Waals surface area contributed by atoms with Gasteiger partial charge in [-0.3, -0.25) is 10.1 Å². The summed E-state index contributed by atoms with van der Waals surface area (Å²) in [7, 11) is 0. The van der Waals surface area contributed by atoms with Crippen LogP contribution in [0.15, 0.2) is 12.1 Å². The van der Waals surface area contributed by atoms with Crippen molar-refractivity contribution in [1.29, 1.82) is 0 Å². The highest BCUT2D eigenvalue weighted by Gasteiger charge is 2.53. The molecule has 2 N–H and O–H groups in total. The number of benzene rings is 1. The minimum atomic E-state index is -0.772. The molecular weight excluding hydrogens is 261 g/mol. The molecule has 2 atom stereocenters. The first-order chi connectivity index (χ1) is 8.58. The van der Waals surface area contributed by atoms with Gasteiger partial charge >= 0.3 is 0 Å². The summed E-state index contributed by atoms with van der Waals surface area (Å²) in [6.07, 6.45) is 0. The average molecular weight is 272 g/mol. The van der Waals surface area contributed by atoms with E-state index in [-0.39, 0.29) is 16.8 Å². The molecule has 2 aliphatic rings. The smallest absolute Gasteiger partial charge is 0.295 e. The maximum absolute atomic E-state index is 13.2. The van der Waals surface area contributed by atoms with Crippen molar-refractivity contribution < 1.29 is 9.31 Å². The number of anilines is 1. The van der Waals surface area contributed by atoms with Crippen molar-refractivity contribution in [3.05, 3.63) is 33.1 Å². The van der Waals surface area contributed by atoms with Gasteiger partial charge in [-0.1, -0.05) is 11.6 Å². The van der Waals surface area contributed by atoms with Crippen LogP contribution in [0.2, 0.25) is 5.02 Å². The summed E-state index contributed by atoms with van der Waals surface area (Å²) in [5.41, 5.74) is 0.0284. The fourth-order valence-electron chi connectivity index (χ4n) is 2.61. The first kappa shape index (κ1) is 11.7. The van der Waals surface area contributed by atoms with Crippen LogP contribution in [0.4, 0.5) is 15.8 Å². The predicted octanol–water partition coefficient (Wildman–Crippen LogP) is 2.02. The Hall–Kier alpha value is -1.40. The number of piperidine rings is 1. The number of halogens is 2. The van der Waals surface area contributed by atoms with Gasteiger partial charge in [0.1, 0.15) is 11.5 Å². The third-order valence-electron chi connectivity index (χ3n) is 3.65. The van der Waals surface area contributed by atoms with E-state index in [1.807, 2.05) is 0 Å². The van der Waals surface area contributed by atoms with Gasteiger partial charge in [0.15, 0.2) is 0 Å². The zero-order chi connectivity index (χ0) is 12.9. The third kappa shape index (κ3) is 1.81. The number of hydrogen-bond donors (Lipinski definition) is 2. The molecule has 1 saturated carbocycles. The summed E-state index contributed by atoms with van der Waals surface area (Å²) in [4.78, 5) is 10.3. The van der Waals surface area contributed by atoms with E-state index in [1.165, 1.54) is 6.07 Å². The van der Waals surface area contributed by atoms with Crippen LogP contribution in [-0.4, -0.2) is 24.1 Å². The van der Waals surface area contributed by atoms with Crippen LogP contribution in [0.1, 0.15) is 0 Å². The van der Waals surface area contributed by atoms with Crippen LogP contribution in [0.3, 0.4) is 0 Å². The molecule has 1 aromatic carbocycles. The van der Waals surface area contributed by atoms with Crippen molar-refractivity contribution >= 4 is 23.0 Å². The molecule has 1 heterocycles. The second-order valence-corrected chi connectivity index (χ2v) is 5.10. The van der Waals surface area contributed by atoms with Crippen molar-refractivity contribution in [2.75, 3.05) is 18.4 Å².